The van der Waals surface area contributed by atoms with E-state index < -0.39 is 15.9 Å². The summed E-state index contributed by atoms with van der Waals surface area (Å²) < 4.78 is 32.9. The molecule has 0 aliphatic rings. The van der Waals surface area contributed by atoms with E-state index in [-0.39, 0.29) is 21.2 Å². The van der Waals surface area contributed by atoms with E-state index in [1.165, 1.54) is 30.3 Å². The summed E-state index contributed by atoms with van der Waals surface area (Å²) in [6.07, 6.45) is 0. The van der Waals surface area contributed by atoms with Crippen molar-refractivity contribution in [1.82, 2.24) is 5.32 Å². The molecule has 0 fully saturated rings. The number of amides is 1. The number of carbonyl (C=O) groups excluding carboxylic acids is 1. The van der Waals surface area contributed by atoms with Crippen molar-refractivity contribution in [2.45, 2.75) is 18.4 Å². The van der Waals surface area contributed by atoms with Crippen LogP contribution in [0.3, 0.4) is 0 Å². The summed E-state index contributed by atoms with van der Waals surface area (Å²) in [4.78, 5) is 12.7. The minimum Gasteiger partial charge on any atom is -0.494 e. The Balaban J connectivity index is 1.70. The molecule has 0 atom stereocenters. The smallest absolute Gasteiger partial charge is 0.261 e. The van der Waals surface area contributed by atoms with Crippen molar-refractivity contribution >= 4 is 33.2 Å². The predicted octanol–water partition coefficient (Wildman–Crippen LogP) is 4.47. The molecule has 3 aromatic rings. The third-order valence-corrected chi connectivity index (χ3v) is 5.93. The second-order valence-electron chi connectivity index (χ2n) is 6.37. The molecule has 0 unspecified atom stereocenters. The van der Waals surface area contributed by atoms with Gasteiger partial charge in [0.2, 0.25) is 0 Å². The summed E-state index contributed by atoms with van der Waals surface area (Å²) in [5, 5.41) is 3.01. The summed E-state index contributed by atoms with van der Waals surface area (Å²) in [6.45, 7) is 2.78. The van der Waals surface area contributed by atoms with Crippen LogP contribution in [0.2, 0.25) is 5.02 Å². The average Bonchev–Trinajstić information content (AvgIpc) is 2.75. The topological polar surface area (TPSA) is 84.5 Å². The highest BCUT2D eigenvalue weighted by Gasteiger charge is 2.16. The van der Waals surface area contributed by atoms with Crippen molar-refractivity contribution in [3.63, 3.8) is 0 Å². The number of hydrogen-bond donors (Lipinski definition) is 2. The number of anilines is 1. The van der Waals surface area contributed by atoms with E-state index in [1.807, 2.05) is 31.2 Å². The molecule has 1 amide bonds. The molecule has 3 aromatic carbocycles. The van der Waals surface area contributed by atoms with Gasteiger partial charge in [-0.05, 0) is 55.0 Å². The Hall–Kier alpha value is -3.03. The molecule has 30 heavy (non-hydrogen) atoms. The molecule has 0 spiro atoms. The van der Waals surface area contributed by atoms with Crippen molar-refractivity contribution < 1.29 is 17.9 Å². The average molecular weight is 445 g/mol. The minimum atomic E-state index is -3.77. The van der Waals surface area contributed by atoms with Gasteiger partial charge in [-0.2, -0.15) is 0 Å². The van der Waals surface area contributed by atoms with Gasteiger partial charge in [0.25, 0.3) is 15.9 Å². The number of ether oxygens (including phenoxy) is 1. The molecular formula is C22H21ClN2O4S. The molecule has 2 N–H and O–H groups in total. The van der Waals surface area contributed by atoms with Crippen molar-refractivity contribution in [2.75, 3.05) is 11.3 Å². The molecule has 0 saturated carbocycles. The Morgan fingerprint density at radius 2 is 1.70 bits per heavy atom. The van der Waals surface area contributed by atoms with E-state index >= 15 is 0 Å². The fraction of sp³-hybridized carbons (Fsp3) is 0.136. The Kier molecular flexibility index (Phi) is 6.97. The Morgan fingerprint density at radius 3 is 2.37 bits per heavy atom. The first-order valence-electron chi connectivity index (χ1n) is 9.26. The summed E-state index contributed by atoms with van der Waals surface area (Å²) in [5.74, 6) is 0.351. The molecule has 0 heterocycles. The highest BCUT2D eigenvalue weighted by atomic mass is 35.5. The molecular weight excluding hydrogens is 424 g/mol. The molecule has 0 saturated heterocycles. The fourth-order valence-corrected chi connectivity index (χ4v) is 4.00. The van der Waals surface area contributed by atoms with Crippen LogP contribution in [0.25, 0.3) is 0 Å². The van der Waals surface area contributed by atoms with E-state index in [1.54, 1.807) is 18.2 Å². The van der Waals surface area contributed by atoms with Crippen LogP contribution in [0.5, 0.6) is 5.75 Å². The van der Waals surface area contributed by atoms with Crippen LogP contribution >= 0.6 is 11.6 Å². The van der Waals surface area contributed by atoms with Gasteiger partial charge in [0.1, 0.15) is 5.75 Å². The van der Waals surface area contributed by atoms with Gasteiger partial charge in [0.15, 0.2) is 0 Å². The summed E-state index contributed by atoms with van der Waals surface area (Å²) in [7, 11) is -3.77. The second kappa shape index (κ2) is 9.65. The first-order chi connectivity index (χ1) is 14.4. The van der Waals surface area contributed by atoms with E-state index in [4.69, 9.17) is 16.3 Å². The lowest BCUT2D eigenvalue weighted by atomic mass is 10.1. The lowest BCUT2D eigenvalue weighted by Crippen LogP contribution is -2.23. The third-order valence-electron chi connectivity index (χ3n) is 4.20. The molecule has 6 nitrogen and oxygen atoms in total. The van der Waals surface area contributed by atoms with Gasteiger partial charge in [-0.3, -0.25) is 9.52 Å². The molecule has 0 bridgehead atoms. The minimum absolute atomic E-state index is 0.126. The highest BCUT2D eigenvalue weighted by Crippen LogP contribution is 2.23. The molecule has 0 aliphatic heterocycles. The summed E-state index contributed by atoms with van der Waals surface area (Å²) >= 11 is 6.16. The zero-order valence-electron chi connectivity index (χ0n) is 16.3. The largest absolute Gasteiger partial charge is 0.494 e. The molecule has 0 aromatic heterocycles. The van der Waals surface area contributed by atoms with Crippen LogP contribution in [-0.4, -0.2) is 20.9 Å². The number of halogens is 1. The first kappa shape index (κ1) is 21.7. The maximum atomic E-state index is 12.6. The Bertz CT molecular complexity index is 1120. The quantitative estimate of drug-likeness (QED) is 0.536. The molecule has 8 heteroatoms. The van der Waals surface area contributed by atoms with Crippen LogP contribution in [0.4, 0.5) is 5.69 Å². The normalized spacial score (nSPS) is 11.0. The Morgan fingerprint density at radius 1 is 1.00 bits per heavy atom. The molecule has 3 rings (SSSR count). The van der Waals surface area contributed by atoms with Crippen LogP contribution in [-0.2, 0) is 16.6 Å². The van der Waals surface area contributed by atoms with Gasteiger partial charge in [0.05, 0.1) is 22.1 Å². The SMILES string of the molecule is CCOc1ccc(CNC(=O)c2cc(NS(=O)(=O)c3ccccc3)ccc2Cl)cc1. The van der Waals surface area contributed by atoms with E-state index in [0.717, 1.165) is 11.3 Å². The number of rotatable bonds is 8. The fourth-order valence-electron chi connectivity index (χ4n) is 2.72. The monoisotopic (exact) mass is 444 g/mol. The number of nitrogens with one attached hydrogen (secondary N) is 2. The Labute approximate surface area is 180 Å². The maximum absolute atomic E-state index is 12.6. The lowest BCUT2D eigenvalue weighted by Gasteiger charge is -2.11. The standard InChI is InChI=1S/C22H21ClN2O4S/c1-2-29-18-11-8-16(9-12-18)15-24-22(26)20-14-17(10-13-21(20)23)25-30(27,28)19-6-4-3-5-7-19/h3-14,25H,2,15H2,1H3,(H,24,26). The first-order valence-corrected chi connectivity index (χ1v) is 11.1. The van der Waals surface area contributed by atoms with Gasteiger partial charge in [-0.15, -0.1) is 0 Å². The van der Waals surface area contributed by atoms with Gasteiger partial charge in [-0.25, -0.2) is 8.42 Å². The highest BCUT2D eigenvalue weighted by molar-refractivity contribution is 7.92. The number of benzene rings is 3. The maximum Gasteiger partial charge on any atom is 0.261 e. The van der Waals surface area contributed by atoms with Crippen LogP contribution in [0.1, 0.15) is 22.8 Å². The van der Waals surface area contributed by atoms with Crippen LogP contribution in [0.15, 0.2) is 77.7 Å². The molecule has 0 aliphatic carbocycles. The third kappa shape index (κ3) is 5.52. The number of carbonyl (C=O) groups is 1. The zero-order valence-corrected chi connectivity index (χ0v) is 17.8. The van der Waals surface area contributed by atoms with E-state index in [9.17, 15) is 13.2 Å². The second-order valence-corrected chi connectivity index (χ2v) is 8.46. The van der Waals surface area contributed by atoms with Crippen molar-refractivity contribution in [3.8, 4) is 5.75 Å². The van der Waals surface area contributed by atoms with Crippen molar-refractivity contribution in [1.29, 1.82) is 0 Å². The molecule has 0 radical (unpaired) electrons. The van der Waals surface area contributed by atoms with Gasteiger partial charge in [0, 0.05) is 12.2 Å². The predicted molar refractivity (Wildman–Crippen MR) is 117 cm³/mol. The van der Waals surface area contributed by atoms with Crippen molar-refractivity contribution in [3.05, 3.63) is 88.9 Å². The number of hydrogen-bond acceptors (Lipinski definition) is 4. The van der Waals surface area contributed by atoms with Gasteiger partial charge in [-0.1, -0.05) is 41.9 Å². The lowest BCUT2D eigenvalue weighted by molar-refractivity contribution is 0.0951. The molecule has 156 valence electrons. The summed E-state index contributed by atoms with van der Waals surface area (Å²) in [5.41, 5.74) is 1.31. The zero-order chi connectivity index (χ0) is 21.6. The van der Waals surface area contributed by atoms with Gasteiger partial charge < -0.3 is 10.1 Å². The van der Waals surface area contributed by atoms with Crippen LogP contribution in [0, 0.1) is 0 Å². The van der Waals surface area contributed by atoms with E-state index in [2.05, 4.69) is 10.0 Å². The van der Waals surface area contributed by atoms with Gasteiger partial charge >= 0.3 is 0 Å². The van der Waals surface area contributed by atoms with Crippen LogP contribution < -0.4 is 14.8 Å². The van der Waals surface area contributed by atoms with Crippen molar-refractivity contribution in [2.24, 2.45) is 0 Å². The van der Waals surface area contributed by atoms with E-state index in [0.29, 0.717) is 13.2 Å². The summed E-state index contributed by atoms with van der Waals surface area (Å²) in [6, 6.07) is 19.8. The number of sulfonamides is 1.